The molecule has 3 aliphatic rings. The van der Waals surface area contributed by atoms with Crippen LogP contribution in [-0.2, 0) is 22.4 Å². The molecule has 0 fully saturated rings. The van der Waals surface area contributed by atoms with Crippen LogP contribution in [0, 0.1) is 0 Å². The molecule has 2 spiro atoms. The Labute approximate surface area is 287 Å². The number of benzene rings is 7. The van der Waals surface area contributed by atoms with Crippen LogP contribution in [-0.4, -0.2) is 0 Å². The normalized spacial score (nSPS) is 15.8. The standard InChI is InChI=1S/C45H27ClOS/c46-40-22-11-21-39-43(40)31-25-42-32(30-14-3-10-23-41(30)48-42)24-27(31)26-47-45(39)37-19-8-6-17-35(37)44(36-18-7-9-20-38(36)45)33-15-4-1-12-28(33)29-13-2-5-16-34(29)44/h1-25H,26H2. The summed E-state index contributed by atoms with van der Waals surface area (Å²) in [7, 11) is 0. The van der Waals surface area contributed by atoms with Gasteiger partial charge in [0.15, 0.2) is 0 Å². The Hall–Kier alpha value is -4.99. The highest BCUT2D eigenvalue weighted by atomic mass is 35.5. The Morgan fingerprint density at radius 1 is 0.479 bits per heavy atom. The molecule has 1 aromatic heterocycles. The molecule has 1 nitrogen and oxygen atoms in total. The number of fused-ring (bicyclic) bond motifs is 18. The van der Waals surface area contributed by atoms with Gasteiger partial charge >= 0.3 is 0 Å². The van der Waals surface area contributed by atoms with Gasteiger partial charge in [0.25, 0.3) is 0 Å². The summed E-state index contributed by atoms with van der Waals surface area (Å²) in [5.74, 6) is 0. The lowest BCUT2D eigenvalue weighted by molar-refractivity contribution is -0.00120. The molecule has 8 aromatic rings. The summed E-state index contributed by atoms with van der Waals surface area (Å²) in [6.07, 6.45) is 0. The average Bonchev–Trinajstić information content (AvgIpc) is 3.60. The van der Waals surface area contributed by atoms with Gasteiger partial charge in [-0.15, -0.1) is 11.3 Å². The molecule has 1 aliphatic heterocycles. The van der Waals surface area contributed by atoms with Crippen molar-refractivity contribution in [3.63, 3.8) is 0 Å². The van der Waals surface area contributed by atoms with Crippen molar-refractivity contribution in [1.29, 1.82) is 0 Å². The Morgan fingerprint density at radius 2 is 1.04 bits per heavy atom. The van der Waals surface area contributed by atoms with Crippen molar-refractivity contribution in [2.75, 3.05) is 0 Å². The maximum Gasteiger partial charge on any atom is 0.145 e. The molecular formula is C45H27ClOS. The van der Waals surface area contributed by atoms with Gasteiger partial charge < -0.3 is 4.74 Å². The molecule has 0 N–H and O–H groups in total. The molecule has 0 atom stereocenters. The molecule has 3 heteroatoms. The minimum Gasteiger partial charge on any atom is -0.356 e. The van der Waals surface area contributed by atoms with E-state index in [1.54, 1.807) is 0 Å². The quantitative estimate of drug-likeness (QED) is 0.159. The Morgan fingerprint density at radius 3 is 1.73 bits per heavy atom. The maximum absolute atomic E-state index is 7.55. The summed E-state index contributed by atoms with van der Waals surface area (Å²) in [4.78, 5) is 0. The molecule has 0 saturated carbocycles. The molecule has 0 radical (unpaired) electrons. The van der Waals surface area contributed by atoms with Gasteiger partial charge in [-0.3, -0.25) is 0 Å². The first kappa shape index (κ1) is 27.0. The number of hydrogen-bond acceptors (Lipinski definition) is 2. The average molecular weight is 651 g/mol. The van der Waals surface area contributed by atoms with E-state index in [1.165, 1.54) is 64.7 Å². The highest BCUT2D eigenvalue weighted by Gasteiger charge is 2.57. The molecule has 11 rings (SSSR count). The number of hydrogen-bond donors (Lipinski definition) is 0. The molecule has 0 saturated heterocycles. The van der Waals surface area contributed by atoms with Crippen LogP contribution in [0.4, 0.5) is 0 Å². The van der Waals surface area contributed by atoms with Gasteiger partial charge in [0, 0.05) is 36.3 Å². The molecule has 226 valence electrons. The second-order valence-electron chi connectivity index (χ2n) is 13.2. The van der Waals surface area contributed by atoms with E-state index in [2.05, 4.69) is 146 Å². The molecule has 0 unspecified atom stereocenters. The summed E-state index contributed by atoms with van der Waals surface area (Å²) in [6, 6.07) is 55.6. The largest absolute Gasteiger partial charge is 0.356 e. The van der Waals surface area contributed by atoms with Gasteiger partial charge in [-0.05, 0) is 79.9 Å². The van der Waals surface area contributed by atoms with Crippen molar-refractivity contribution < 1.29 is 4.74 Å². The van der Waals surface area contributed by atoms with E-state index in [1.807, 2.05) is 17.4 Å². The zero-order chi connectivity index (χ0) is 31.6. The van der Waals surface area contributed by atoms with Crippen molar-refractivity contribution in [2.45, 2.75) is 17.6 Å². The van der Waals surface area contributed by atoms with Crippen LogP contribution in [0.2, 0.25) is 5.02 Å². The predicted octanol–water partition coefficient (Wildman–Crippen LogP) is 11.9. The molecule has 48 heavy (non-hydrogen) atoms. The Balaban J connectivity index is 1.27. The molecule has 0 amide bonds. The fourth-order valence-corrected chi connectivity index (χ4v) is 10.7. The first-order chi connectivity index (χ1) is 23.7. The van der Waals surface area contributed by atoms with Crippen molar-refractivity contribution in [3.8, 4) is 22.3 Å². The number of ether oxygens (including phenoxy) is 1. The van der Waals surface area contributed by atoms with Crippen LogP contribution >= 0.6 is 22.9 Å². The monoisotopic (exact) mass is 650 g/mol. The lowest BCUT2D eigenvalue weighted by Gasteiger charge is -2.49. The van der Waals surface area contributed by atoms with Crippen molar-refractivity contribution in [2.24, 2.45) is 0 Å². The lowest BCUT2D eigenvalue weighted by Crippen LogP contribution is -2.45. The van der Waals surface area contributed by atoms with Crippen LogP contribution in [0.25, 0.3) is 42.4 Å². The van der Waals surface area contributed by atoms with Gasteiger partial charge in [0.1, 0.15) is 5.60 Å². The van der Waals surface area contributed by atoms with Gasteiger partial charge in [-0.25, -0.2) is 0 Å². The van der Waals surface area contributed by atoms with Gasteiger partial charge in [0.2, 0.25) is 0 Å². The zero-order valence-electron chi connectivity index (χ0n) is 25.8. The summed E-state index contributed by atoms with van der Waals surface area (Å²) in [5.41, 5.74) is 13.1. The van der Waals surface area contributed by atoms with Crippen LogP contribution in [0.1, 0.15) is 44.5 Å². The lowest BCUT2D eigenvalue weighted by atomic mass is 9.56. The van der Waals surface area contributed by atoms with Crippen molar-refractivity contribution >= 4 is 43.1 Å². The fourth-order valence-electron chi connectivity index (χ4n) is 9.31. The molecular weight excluding hydrogens is 624 g/mol. The minimum atomic E-state index is -0.889. The third-order valence-electron chi connectivity index (χ3n) is 11.1. The van der Waals surface area contributed by atoms with Crippen LogP contribution in [0.15, 0.2) is 152 Å². The fraction of sp³-hybridized carbons (Fsp3) is 0.0667. The first-order valence-electron chi connectivity index (χ1n) is 16.5. The van der Waals surface area contributed by atoms with Gasteiger partial charge in [-0.2, -0.15) is 0 Å². The van der Waals surface area contributed by atoms with Crippen LogP contribution in [0.5, 0.6) is 0 Å². The third-order valence-corrected chi connectivity index (χ3v) is 12.5. The van der Waals surface area contributed by atoms with E-state index in [9.17, 15) is 0 Å². The number of rotatable bonds is 0. The molecule has 7 aromatic carbocycles. The Kier molecular flexibility index (Phi) is 5.37. The second kappa shape index (κ2) is 9.55. The highest BCUT2D eigenvalue weighted by Crippen LogP contribution is 2.64. The Bertz CT molecular complexity index is 2570. The molecule has 2 aliphatic carbocycles. The topological polar surface area (TPSA) is 9.23 Å². The van der Waals surface area contributed by atoms with E-state index in [0.29, 0.717) is 6.61 Å². The summed E-state index contributed by atoms with van der Waals surface area (Å²) >= 11 is 9.17. The third kappa shape index (κ3) is 3.17. The van der Waals surface area contributed by atoms with Crippen LogP contribution in [0.3, 0.4) is 0 Å². The van der Waals surface area contributed by atoms with Crippen molar-refractivity contribution in [1.82, 2.24) is 0 Å². The minimum absolute atomic E-state index is 0.448. The zero-order valence-corrected chi connectivity index (χ0v) is 27.4. The van der Waals surface area contributed by atoms with E-state index >= 15 is 0 Å². The van der Waals surface area contributed by atoms with E-state index < -0.39 is 11.0 Å². The van der Waals surface area contributed by atoms with Gasteiger partial charge in [-0.1, -0.05) is 139 Å². The summed E-state index contributed by atoms with van der Waals surface area (Å²) < 4.78 is 10.1. The molecule has 0 bridgehead atoms. The maximum atomic E-state index is 7.55. The van der Waals surface area contributed by atoms with Gasteiger partial charge in [0.05, 0.1) is 12.0 Å². The van der Waals surface area contributed by atoms with E-state index in [0.717, 1.165) is 27.3 Å². The first-order valence-corrected chi connectivity index (χ1v) is 17.7. The highest BCUT2D eigenvalue weighted by molar-refractivity contribution is 7.25. The van der Waals surface area contributed by atoms with Crippen molar-refractivity contribution in [3.05, 3.63) is 201 Å². The molecule has 2 heterocycles. The SMILES string of the molecule is Clc1cccc2c1-c1cc3sc4ccccc4c3cc1COC21c2ccccc2C2(c3ccccc3-c3ccccc32)c2ccccc21. The predicted molar refractivity (Wildman–Crippen MR) is 198 cm³/mol. The summed E-state index contributed by atoms with van der Waals surface area (Å²) in [5, 5.41) is 3.29. The van der Waals surface area contributed by atoms with E-state index in [4.69, 9.17) is 16.3 Å². The van der Waals surface area contributed by atoms with E-state index in [-0.39, 0.29) is 0 Å². The number of halogens is 1. The number of thiophene rings is 1. The van der Waals surface area contributed by atoms with Crippen LogP contribution < -0.4 is 0 Å². The summed E-state index contributed by atoms with van der Waals surface area (Å²) in [6.45, 7) is 0.448. The smallest absolute Gasteiger partial charge is 0.145 e. The second-order valence-corrected chi connectivity index (χ2v) is 14.7.